The first-order valence-corrected chi connectivity index (χ1v) is 48.9. The van der Waals surface area contributed by atoms with E-state index in [1.54, 1.807) is 97.1 Å². The summed E-state index contributed by atoms with van der Waals surface area (Å²) < 4.78 is 70.4. The maximum Gasteiger partial charge on any atom is 1.00 e. The molecule has 141 heavy (non-hydrogen) atoms. The minimum atomic E-state index is -5.42. The molecule has 3 amide bonds. The van der Waals surface area contributed by atoms with Crippen LogP contribution in [0.4, 0.5) is 17.1 Å². The molecule has 0 aliphatic rings. The number of fused-ring (bicyclic) bond motifs is 3. The number of ether oxygens (including phenoxy) is 3. The number of hydrogen-bond donors (Lipinski definition) is 7. The molecule has 3 aromatic heterocycles. The molecule has 15 aromatic rings. The minimum absolute atomic E-state index is 0. The van der Waals surface area contributed by atoms with Gasteiger partial charge in [0.25, 0.3) is 17.7 Å². The largest absolute Gasteiger partial charge is 1.00 e. The Morgan fingerprint density at radius 2 is 0.688 bits per heavy atom. The van der Waals surface area contributed by atoms with Crippen molar-refractivity contribution in [3.05, 3.63) is 380 Å². The van der Waals surface area contributed by atoms with Crippen LogP contribution in [0.25, 0.3) is 66.1 Å². The van der Waals surface area contributed by atoms with Crippen LogP contribution >= 0.6 is 23.8 Å². The number of rotatable bonds is 28. The number of phenols is 1. The molecule has 31 heteroatoms. The fourth-order valence-corrected chi connectivity index (χ4v) is 16.7. The summed E-state index contributed by atoms with van der Waals surface area (Å²) in [6, 6.07) is 82.7. The fraction of sp³-hybridized carbons (Fsp3) is 0.227. The van der Waals surface area contributed by atoms with Gasteiger partial charge in [-0.3, -0.25) is 33.3 Å². The smallest absolute Gasteiger partial charge is 0.780 e. The zero-order valence-electron chi connectivity index (χ0n) is 80.9. The molecule has 1 atom stereocenters. The number of H-pyrrole nitrogens is 3. The van der Waals surface area contributed by atoms with Crippen molar-refractivity contribution in [3.63, 3.8) is 0 Å². The van der Waals surface area contributed by atoms with Gasteiger partial charge in [-0.1, -0.05) is 241 Å². The van der Waals surface area contributed by atoms with Crippen molar-refractivity contribution in [1.29, 1.82) is 0 Å². The molecule has 7 N–H and O–H groups in total. The number of aromatic hydroxyl groups is 1. The molecule has 0 saturated carbocycles. The van der Waals surface area contributed by atoms with Crippen LogP contribution in [0.5, 0.6) is 34.5 Å². The van der Waals surface area contributed by atoms with Crippen LogP contribution in [0.1, 0.15) is 162 Å². The van der Waals surface area contributed by atoms with Crippen LogP contribution in [0, 0.1) is 7.43 Å². The Labute approximate surface area is 884 Å². The van der Waals surface area contributed by atoms with Crippen molar-refractivity contribution >= 4 is 91.3 Å². The summed E-state index contributed by atoms with van der Waals surface area (Å²) in [6.45, 7) is 29.5. The molecule has 12 aromatic carbocycles. The Balaban J connectivity index is 0.000000294. The number of aromatic amines is 3. The second-order valence-electron chi connectivity index (χ2n) is 34.5. The van der Waals surface area contributed by atoms with Crippen LogP contribution in [-0.4, -0.2) is 70.9 Å². The molecule has 0 aliphatic heterocycles. The van der Waals surface area contributed by atoms with E-state index in [1.807, 2.05) is 229 Å². The summed E-state index contributed by atoms with van der Waals surface area (Å²) in [7, 11) is -9.87. The summed E-state index contributed by atoms with van der Waals surface area (Å²) in [5.41, 5.74) is 9.27. The second kappa shape index (κ2) is 53.8. The first-order valence-electron chi connectivity index (χ1n) is 43.8. The van der Waals surface area contributed by atoms with E-state index in [0.717, 1.165) is 33.4 Å². The maximum absolute atomic E-state index is 13.7. The molecule has 0 aliphatic carbocycles. The quantitative estimate of drug-likeness (QED) is 0.0136. The molecule has 0 radical (unpaired) electrons. The van der Waals surface area contributed by atoms with E-state index in [1.165, 1.54) is 48.5 Å². The van der Waals surface area contributed by atoms with Gasteiger partial charge in [0.2, 0.25) is 16.3 Å². The summed E-state index contributed by atoms with van der Waals surface area (Å²) >= 11 is 0. The van der Waals surface area contributed by atoms with Crippen molar-refractivity contribution in [1.82, 2.24) is 15.0 Å². The van der Waals surface area contributed by atoms with Gasteiger partial charge in [0.1, 0.15) is 59.0 Å². The number of nitrogens with one attached hydrogen (secondary N) is 6. The Morgan fingerprint density at radius 1 is 0.397 bits per heavy atom. The maximum atomic E-state index is 13.7. The van der Waals surface area contributed by atoms with E-state index < -0.39 is 63.2 Å². The molecule has 0 saturated heterocycles. The zero-order chi connectivity index (χ0) is 96.9. The third-order valence-corrected chi connectivity index (χ3v) is 23.8. The number of para-hydroxylation sites is 3. The van der Waals surface area contributed by atoms with Crippen LogP contribution in [0.3, 0.4) is 0 Å². The number of phosphoric acid groups is 1. The first kappa shape index (κ1) is 119. The molecule has 1 unspecified atom stereocenters. The van der Waals surface area contributed by atoms with Gasteiger partial charge in [-0.2, -0.15) is 0 Å². The van der Waals surface area contributed by atoms with Gasteiger partial charge >= 0.3 is 66.7 Å². The van der Waals surface area contributed by atoms with E-state index in [4.69, 9.17) is 36.8 Å². The third-order valence-electron chi connectivity index (χ3n) is 21.3. The van der Waals surface area contributed by atoms with E-state index in [9.17, 15) is 52.8 Å². The summed E-state index contributed by atoms with van der Waals surface area (Å²) in [5.74, 6) is 0.246. The van der Waals surface area contributed by atoms with Gasteiger partial charge in [0.15, 0.2) is 8.38 Å². The Bertz CT molecular complexity index is 7010. The summed E-state index contributed by atoms with van der Waals surface area (Å²) in [6.07, 6.45) is 4.15. The Kier molecular flexibility index (Phi) is 45.2. The van der Waals surface area contributed by atoms with Crippen molar-refractivity contribution in [2.45, 2.75) is 134 Å². The average molecular weight is 2080 g/mol. The topological polar surface area (TPSA) is 360 Å². The molecule has 0 spiro atoms. The molecule has 0 fully saturated rings. The van der Waals surface area contributed by atoms with Crippen molar-refractivity contribution in [2.24, 2.45) is 0 Å². The number of hydrogen-bond acceptors (Lipinski definition) is 19. The van der Waals surface area contributed by atoms with E-state index in [0.29, 0.717) is 122 Å². The monoisotopic (exact) mass is 2070 g/mol. The van der Waals surface area contributed by atoms with Crippen LogP contribution < -0.4 is 124 Å². The van der Waals surface area contributed by atoms with Gasteiger partial charge in [-0.05, 0) is 167 Å². The van der Waals surface area contributed by atoms with Crippen molar-refractivity contribution < 1.29 is 155 Å². The minimum Gasteiger partial charge on any atom is -0.780 e. The Hall–Kier alpha value is -11.2. The van der Waals surface area contributed by atoms with Crippen LogP contribution in [-0.2, 0) is 79.2 Å². The molecule has 25 nitrogen and oxygen atoms in total. The van der Waals surface area contributed by atoms with Gasteiger partial charge in [-0.15, -0.1) is 0 Å². The molecule has 0 bridgehead atoms. The summed E-state index contributed by atoms with van der Waals surface area (Å²) in [5, 5.41) is 20.4. The molecular formula is C110H120N6Na2O19P3Pd-. The van der Waals surface area contributed by atoms with Gasteiger partial charge in [0.05, 0.1) is 56.7 Å². The number of anilines is 3. The van der Waals surface area contributed by atoms with E-state index in [2.05, 4.69) is 55.2 Å². The van der Waals surface area contributed by atoms with Gasteiger partial charge in [0, 0.05) is 131 Å². The zero-order valence-corrected chi connectivity index (χ0v) is 89.1. The van der Waals surface area contributed by atoms with Gasteiger partial charge < -0.3 is 90.1 Å². The van der Waals surface area contributed by atoms with Crippen molar-refractivity contribution in [2.75, 3.05) is 49.1 Å². The molecule has 732 valence electrons. The number of benzene rings is 12. The average Bonchev–Trinajstić information content (AvgIpc) is 0.766. The number of carbonyl (C=O) groups is 3. The number of phosphoric ester groups is 1. The molecule has 3 heterocycles. The van der Waals surface area contributed by atoms with Crippen LogP contribution in [0.15, 0.2) is 306 Å². The SMILES string of the molecule is C.C.CCOc1cccc(-c2cc(C(C)(C)C)c(O)cc2NC(=O)c2c[nH]c3ccccc3c2=O)c1.CCOc1cccc(-c2cc(C(C)(C)C)c(OP(=O)([O-])[O-])cc2NC(=O)c2c[nH]c3ccccc3c2=O)c1.CCOc1cccc(-c2cc(C(C)(C)C)c(OP(C)(=O)OCc3ccccc3)cc2NC(=O)c2c[nH]c3ccccc3c2=O)c1.CP(OCc1ccccc1)OCc1ccccc1.[CH3-].[Na+].[Na+].[Pd]. The standard InChI is InChI=1S/C36H37N2O6P.C28H29N2O7P.C28H28N2O4.C15H17O2P.2CH4.CH3.2Na.Pd/c1-6-42-26-16-12-15-25(19-26)28-20-30(36(2,3)4)33(44-45(5,41)43-23-24-13-8-7-9-14-24)21-32(28)38-35(40)29-22-37-31-18-11-10-17-27(31)34(29)39;1-5-36-18-10-8-9-17(13-18)20-14-22(28(2,3)4)25(37-38(33,34)35)15-24(20)30-27(32)21-16-29-23-12-7-6-11-19(23)26(21)31;1-5-34-18-10-8-9-17(13-18)20-14-22(28(2,3)4)25(31)15-24(20)30-27(33)21-16-29-23-12-7-6-11-19(23)26(21)32;1-18(16-12-14-8-4-2-5-9-14)17-13-15-10-6-3-7-11-15;;;;;;/h7-22H,6,23H2,1-5H3,(H,37,39)(H,38,40);6-16H,5H2,1-4H3,(H,29,31)(H,30,32)(H2,33,34,35);6-16,31H,5H2,1-4H3,(H,29,32)(H,30,33);2-11H,12-13H2,1H3;2*1H4;1H3;;;/q;;;;;;-1;2*+1;/p-2. The number of aromatic nitrogens is 3. The predicted octanol–water partition coefficient (Wildman–Crippen LogP) is 18.9. The fourth-order valence-electron chi connectivity index (χ4n) is 14.6. The third kappa shape index (κ3) is 32.7. The van der Waals surface area contributed by atoms with E-state index in [-0.39, 0.29) is 153 Å². The number of carbonyl (C=O) groups excluding carboxylic acids is 3. The second-order valence-corrected chi connectivity index (χ2v) is 39.0. The normalized spacial score (nSPS) is 11.4. The molecule has 15 rings (SSSR count). The number of phenolic OH excluding ortho intramolecular Hbond substituents is 1. The summed E-state index contributed by atoms with van der Waals surface area (Å²) in [4.78, 5) is 112. The van der Waals surface area contributed by atoms with Gasteiger partial charge in [-0.25, -0.2) is 4.57 Å². The first-order chi connectivity index (χ1) is 64.3. The predicted molar refractivity (Wildman–Crippen MR) is 553 cm³/mol. The number of amides is 3. The van der Waals surface area contributed by atoms with Crippen molar-refractivity contribution in [3.8, 4) is 67.9 Å². The Morgan fingerprint density at radius 3 is 1.00 bits per heavy atom. The van der Waals surface area contributed by atoms with E-state index >= 15 is 0 Å². The number of pyridine rings is 3. The van der Waals surface area contributed by atoms with Crippen LogP contribution in [0.2, 0.25) is 0 Å². The molecular weight excluding hydrogens is 1950 g/mol.